The molecule has 8 nitrogen and oxygen atoms in total. The second kappa shape index (κ2) is 10.8. The minimum absolute atomic E-state index is 0.0220. The van der Waals surface area contributed by atoms with Gasteiger partial charge in [-0.3, -0.25) is 9.69 Å². The van der Waals surface area contributed by atoms with E-state index in [-0.39, 0.29) is 11.8 Å². The van der Waals surface area contributed by atoms with Crippen LogP contribution in [-0.2, 0) is 9.53 Å². The molecule has 2 aliphatic heterocycles. The molecule has 186 valence electrons. The SMILES string of the molecule is COc1ccc2[nH]c(-c3cc(N4CCC[C@@H](C(=O)NCCN5CCOCC5)C4)ccc3Cl)nc2c1. The number of morpholine rings is 1. The molecule has 5 rings (SSSR count). The molecule has 2 aliphatic rings. The van der Waals surface area contributed by atoms with Crippen molar-refractivity contribution in [1.82, 2.24) is 20.2 Å². The largest absolute Gasteiger partial charge is 0.497 e. The zero-order valence-electron chi connectivity index (χ0n) is 20.1. The Morgan fingerprint density at radius 1 is 1.23 bits per heavy atom. The molecule has 2 N–H and O–H groups in total. The summed E-state index contributed by atoms with van der Waals surface area (Å²) in [4.78, 5) is 25.6. The Hall–Kier alpha value is -2.81. The van der Waals surface area contributed by atoms with Crippen LogP contribution in [0.15, 0.2) is 36.4 Å². The monoisotopic (exact) mass is 497 g/mol. The number of fused-ring (bicyclic) bond motifs is 1. The van der Waals surface area contributed by atoms with Crippen LogP contribution < -0.4 is 15.0 Å². The maximum atomic E-state index is 12.9. The topological polar surface area (TPSA) is 82.7 Å². The molecular formula is C26H32ClN5O3. The first kappa shape index (κ1) is 23.9. The molecule has 1 atom stereocenters. The third kappa shape index (κ3) is 5.55. The van der Waals surface area contributed by atoms with E-state index in [4.69, 9.17) is 26.1 Å². The van der Waals surface area contributed by atoms with Crippen molar-refractivity contribution in [2.24, 2.45) is 5.92 Å². The number of H-pyrrole nitrogens is 1. The van der Waals surface area contributed by atoms with E-state index >= 15 is 0 Å². The fourth-order valence-electron chi connectivity index (χ4n) is 4.86. The number of aromatic nitrogens is 2. The van der Waals surface area contributed by atoms with E-state index in [2.05, 4.69) is 26.2 Å². The molecule has 0 spiro atoms. The van der Waals surface area contributed by atoms with Crippen molar-refractivity contribution in [2.45, 2.75) is 12.8 Å². The van der Waals surface area contributed by atoms with E-state index < -0.39 is 0 Å². The molecule has 0 saturated carbocycles. The molecule has 0 unspecified atom stereocenters. The van der Waals surface area contributed by atoms with E-state index in [0.717, 1.165) is 86.1 Å². The first-order chi connectivity index (χ1) is 17.1. The average molecular weight is 498 g/mol. The maximum Gasteiger partial charge on any atom is 0.224 e. The molecule has 2 saturated heterocycles. The van der Waals surface area contributed by atoms with Crippen molar-refractivity contribution in [1.29, 1.82) is 0 Å². The number of aromatic amines is 1. The number of rotatable bonds is 7. The molecule has 2 fully saturated rings. The molecule has 9 heteroatoms. The van der Waals surface area contributed by atoms with E-state index in [1.165, 1.54) is 0 Å². The third-order valence-corrected chi connectivity index (χ3v) is 7.21. The van der Waals surface area contributed by atoms with E-state index in [1.54, 1.807) is 7.11 Å². The number of anilines is 1. The predicted molar refractivity (Wildman–Crippen MR) is 138 cm³/mol. The van der Waals surface area contributed by atoms with Crippen LogP contribution in [-0.4, -0.2) is 80.4 Å². The van der Waals surface area contributed by atoms with Gasteiger partial charge in [-0.15, -0.1) is 0 Å². The lowest BCUT2D eigenvalue weighted by atomic mass is 9.96. The Bertz CT molecular complexity index is 1180. The Labute approximate surface area is 210 Å². The quantitative estimate of drug-likeness (QED) is 0.519. The van der Waals surface area contributed by atoms with Crippen molar-refractivity contribution in [3.63, 3.8) is 0 Å². The maximum absolute atomic E-state index is 12.9. The van der Waals surface area contributed by atoms with Gasteiger partial charge in [0, 0.05) is 56.6 Å². The molecule has 1 amide bonds. The van der Waals surface area contributed by atoms with Gasteiger partial charge in [0.25, 0.3) is 0 Å². The summed E-state index contributed by atoms with van der Waals surface area (Å²) in [5, 5.41) is 3.78. The summed E-state index contributed by atoms with van der Waals surface area (Å²) in [5.74, 6) is 1.60. The van der Waals surface area contributed by atoms with Crippen LogP contribution in [0.4, 0.5) is 5.69 Å². The number of piperidine rings is 1. The zero-order chi connectivity index (χ0) is 24.2. The van der Waals surface area contributed by atoms with Crippen molar-refractivity contribution >= 4 is 34.2 Å². The Morgan fingerprint density at radius 2 is 2.09 bits per heavy atom. The van der Waals surface area contributed by atoms with Crippen LogP contribution in [0, 0.1) is 5.92 Å². The van der Waals surface area contributed by atoms with Crippen LogP contribution in [0.3, 0.4) is 0 Å². The number of methoxy groups -OCH3 is 1. The molecule has 0 radical (unpaired) electrons. The number of carbonyl (C=O) groups is 1. The van der Waals surface area contributed by atoms with Gasteiger partial charge in [-0.25, -0.2) is 4.98 Å². The van der Waals surface area contributed by atoms with Gasteiger partial charge in [-0.1, -0.05) is 11.6 Å². The number of nitrogens with zero attached hydrogens (tertiary/aromatic N) is 3. The number of carbonyl (C=O) groups excluding carboxylic acids is 1. The number of nitrogens with one attached hydrogen (secondary N) is 2. The van der Waals surface area contributed by atoms with Gasteiger partial charge in [0.15, 0.2) is 0 Å². The van der Waals surface area contributed by atoms with Crippen molar-refractivity contribution in [3.8, 4) is 17.1 Å². The highest BCUT2D eigenvalue weighted by atomic mass is 35.5. The number of halogens is 1. The first-order valence-corrected chi connectivity index (χ1v) is 12.6. The number of ether oxygens (including phenoxy) is 2. The average Bonchev–Trinajstić information content (AvgIpc) is 3.32. The minimum Gasteiger partial charge on any atom is -0.497 e. The number of amides is 1. The van der Waals surface area contributed by atoms with Crippen LogP contribution in [0.2, 0.25) is 5.02 Å². The van der Waals surface area contributed by atoms with Gasteiger partial charge in [-0.05, 0) is 43.2 Å². The lowest BCUT2D eigenvalue weighted by molar-refractivity contribution is -0.125. The highest BCUT2D eigenvalue weighted by Crippen LogP contribution is 2.33. The second-order valence-corrected chi connectivity index (χ2v) is 9.57. The van der Waals surface area contributed by atoms with Gasteiger partial charge in [0.1, 0.15) is 11.6 Å². The molecule has 35 heavy (non-hydrogen) atoms. The highest BCUT2D eigenvalue weighted by Gasteiger charge is 2.26. The Kier molecular flexibility index (Phi) is 7.41. The fourth-order valence-corrected chi connectivity index (χ4v) is 5.07. The molecule has 3 aromatic rings. The summed E-state index contributed by atoms with van der Waals surface area (Å²) >= 11 is 6.58. The molecular weight excluding hydrogens is 466 g/mol. The lowest BCUT2D eigenvalue weighted by Gasteiger charge is -2.34. The van der Waals surface area contributed by atoms with Gasteiger partial charge in [-0.2, -0.15) is 0 Å². The number of hydrogen-bond acceptors (Lipinski definition) is 6. The number of imidazole rings is 1. The van der Waals surface area contributed by atoms with Crippen LogP contribution in [0.1, 0.15) is 12.8 Å². The van der Waals surface area contributed by atoms with E-state index in [0.29, 0.717) is 18.1 Å². The van der Waals surface area contributed by atoms with Gasteiger partial charge in [0.05, 0.1) is 42.3 Å². The van der Waals surface area contributed by atoms with Crippen LogP contribution in [0.5, 0.6) is 5.75 Å². The summed E-state index contributed by atoms with van der Waals surface area (Å²) in [6, 6.07) is 11.8. The molecule has 2 aromatic carbocycles. The van der Waals surface area contributed by atoms with E-state index in [1.807, 2.05) is 30.3 Å². The summed E-state index contributed by atoms with van der Waals surface area (Å²) in [5.41, 5.74) is 3.64. The molecule has 0 bridgehead atoms. The van der Waals surface area contributed by atoms with Gasteiger partial charge < -0.3 is 24.7 Å². The standard InChI is InChI=1S/C26H32ClN5O3/c1-34-20-5-7-23-24(16-20)30-25(29-23)21-15-19(4-6-22(21)27)32-9-2-3-18(17-32)26(33)28-8-10-31-11-13-35-14-12-31/h4-7,15-16,18H,2-3,8-14,17H2,1H3,(H,28,33)(H,29,30)/t18-/m1/s1. The predicted octanol–water partition coefficient (Wildman–Crippen LogP) is 3.56. The Morgan fingerprint density at radius 3 is 2.91 bits per heavy atom. The fraction of sp³-hybridized carbons (Fsp3) is 0.462. The van der Waals surface area contributed by atoms with Crippen molar-refractivity contribution < 1.29 is 14.3 Å². The molecule has 0 aliphatic carbocycles. The summed E-state index contributed by atoms with van der Waals surface area (Å²) in [6.45, 7) is 6.58. The first-order valence-electron chi connectivity index (χ1n) is 12.3. The van der Waals surface area contributed by atoms with Crippen LogP contribution >= 0.6 is 11.6 Å². The summed E-state index contributed by atoms with van der Waals surface area (Å²) in [7, 11) is 1.64. The second-order valence-electron chi connectivity index (χ2n) is 9.16. The lowest BCUT2D eigenvalue weighted by Crippen LogP contribution is -2.46. The summed E-state index contributed by atoms with van der Waals surface area (Å²) in [6.07, 6.45) is 1.88. The van der Waals surface area contributed by atoms with Crippen LogP contribution in [0.25, 0.3) is 22.4 Å². The Balaban J connectivity index is 1.26. The number of benzene rings is 2. The van der Waals surface area contributed by atoms with Gasteiger partial charge in [0.2, 0.25) is 5.91 Å². The molecule has 1 aromatic heterocycles. The van der Waals surface area contributed by atoms with Crippen molar-refractivity contribution in [2.75, 3.05) is 64.5 Å². The smallest absolute Gasteiger partial charge is 0.224 e. The van der Waals surface area contributed by atoms with E-state index in [9.17, 15) is 4.79 Å². The molecule has 3 heterocycles. The zero-order valence-corrected chi connectivity index (χ0v) is 20.8. The third-order valence-electron chi connectivity index (χ3n) is 6.88. The van der Waals surface area contributed by atoms with Gasteiger partial charge >= 0.3 is 0 Å². The van der Waals surface area contributed by atoms with Crippen molar-refractivity contribution in [3.05, 3.63) is 41.4 Å². The minimum atomic E-state index is -0.0220. The normalized spacial score (nSPS) is 19.1. The summed E-state index contributed by atoms with van der Waals surface area (Å²) < 4.78 is 10.7. The number of hydrogen-bond donors (Lipinski definition) is 2. The highest BCUT2D eigenvalue weighted by molar-refractivity contribution is 6.33.